The molecule has 4 rings (SSSR count). The van der Waals surface area contributed by atoms with Gasteiger partial charge in [-0.15, -0.1) is 0 Å². The highest BCUT2D eigenvalue weighted by atomic mass is 15.2. The molecule has 2 aliphatic heterocycles. The smallest absolute Gasteiger partial charge is 0.00504 e. The molecular weight excluding hydrogens is 352 g/mol. The molecule has 4 fully saturated rings. The summed E-state index contributed by atoms with van der Waals surface area (Å²) >= 11 is 0. The molecule has 2 heteroatoms. The van der Waals surface area contributed by atoms with Crippen LogP contribution in [0.25, 0.3) is 0 Å². The van der Waals surface area contributed by atoms with Gasteiger partial charge in [-0.1, -0.05) is 34.6 Å². The summed E-state index contributed by atoms with van der Waals surface area (Å²) < 4.78 is 0. The average Bonchev–Trinajstić information content (AvgIpc) is 2.64. The minimum Gasteiger partial charge on any atom is -0.302 e. The van der Waals surface area contributed by atoms with Crippen LogP contribution in [0.3, 0.4) is 0 Å². The maximum Gasteiger partial charge on any atom is 0.00504 e. The molecule has 0 unspecified atom stereocenters. The van der Waals surface area contributed by atoms with Gasteiger partial charge in [-0.05, 0) is 119 Å². The number of nitrogens with zero attached hydrogens (tertiary/aromatic N) is 2. The highest BCUT2D eigenvalue weighted by Crippen LogP contribution is 2.55. The highest BCUT2D eigenvalue weighted by molar-refractivity contribution is 4.98. The molecule has 0 bridgehead atoms. The number of likely N-dealkylation sites (tertiary alicyclic amines) is 2. The molecule has 2 spiro atoms. The number of hydrogen-bond acceptors (Lipinski definition) is 2. The molecule has 0 aromatic carbocycles. The minimum absolute atomic E-state index is 0.753. The standard InChI is InChI=1S/C14H27N.C13H25N/c1-11(2)13-9-14(10-13)5-7-15(8-6-14)12(3)4;1-4-14-9-13(10-14)7-5-12(6-8-13)11(2)3/h11-13H,5-10H2,1-4H3;11-12H,4-10H2,1-3H3. The van der Waals surface area contributed by atoms with E-state index in [2.05, 4.69) is 58.3 Å². The van der Waals surface area contributed by atoms with Gasteiger partial charge in [-0.25, -0.2) is 0 Å². The van der Waals surface area contributed by atoms with Gasteiger partial charge in [0.25, 0.3) is 0 Å². The van der Waals surface area contributed by atoms with Crippen molar-refractivity contribution in [2.45, 2.75) is 106 Å². The molecular formula is C27H52N2. The molecule has 29 heavy (non-hydrogen) atoms. The lowest BCUT2D eigenvalue weighted by Crippen LogP contribution is -2.57. The molecule has 2 heterocycles. The van der Waals surface area contributed by atoms with Gasteiger partial charge in [0.2, 0.25) is 0 Å². The summed E-state index contributed by atoms with van der Waals surface area (Å²) in [6, 6.07) is 0.753. The van der Waals surface area contributed by atoms with E-state index in [0.717, 1.165) is 40.5 Å². The third kappa shape index (κ3) is 5.59. The van der Waals surface area contributed by atoms with Crippen molar-refractivity contribution in [2.24, 2.45) is 34.5 Å². The van der Waals surface area contributed by atoms with E-state index in [4.69, 9.17) is 0 Å². The SMILES string of the molecule is CC(C)C1CC2(CCN(C(C)C)CC2)C1.CCN1CC2(CCC(C(C)C)CC2)C1. The van der Waals surface area contributed by atoms with Gasteiger partial charge in [0, 0.05) is 19.1 Å². The summed E-state index contributed by atoms with van der Waals surface area (Å²) in [4.78, 5) is 5.24. The molecule has 170 valence electrons. The fourth-order valence-electron chi connectivity index (χ4n) is 6.81. The van der Waals surface area contributed by atoms with Gasteiger partial charge in [0.15, 0.2) is 0 Å². The van der Waals surface area contributed by atoms with Gasteiger partial charge >= 0.3 is 0 Å². The molecule has 2 nitrogen and oxygen atoms in total. The predicted molar refractivity (Wildman–Crippen MR) is 127 cm³/mol. The molecule has 0 aromatic heterocycles. The summed E-state index contributed by atoms with van der Waals surface area (Å²) in [6.45, 7) is 23.3. The maximum atomic E-state index is 2.65. The van der Waals surface area contributed by atoms with Crippen LogP contribution in [0.4, 0.5) is 0 Å². The fraction of sp³-hybridized carbons (Fsp3) is 1.00. The molecule has 0 atom stereocenters. The third-order valence-corrected chi connectivity index (χ3v) is 9.52. The Morgan fingerprint density at radius 2 is 1.24 bits per heavy atom. The lowest BCUT2D eigenvalue weighted by atomic mass is 9.55. The van der Waals surface area contributed by atoms with Crippen molar-refractivity contribution in [3.63, 3.8) is 0 Å². The topological polar surface area (TPSA) is 6.48 Å². The second-order valence-electron chi connectivity index (χ2n) is 12.4. The van der Waals surface area contributed by atoms with Crippen molar-refractivity contribution >= 4 is 0 Å². The van der Waals surface area contributed by atoms with Crippen LogP contribution in [-0.2, 0) is 0 Å². The van der Waals surface area contributed by atoms with Crippen molar-refractivity contribution in [1.82, 2.24) is 9.80 Å². The Bertz CT molecular complexity index is 477. The van der Waals surface area contributed by atoms with Gasteiger partial charge in [0.05, 0.1) is 0 Å². The van der Waals surface area contributed by atoms with Crippen LogP contribution < -0.4 is 0 Å². The Hall–Kier alpha value is -0.0800. The van der Waals surface area contributed by atoms with Crippen molar-refractivity contribution in [3.8, 4) is 0 Å². The molecule has 2 saturated carbocycles. The van der Waals surface area contributed by atoms with E-state index in [1.807, 2.05) is 0 Å². The zero-order chi connectivity index (χ0) is 21.2. The maximum absolute atomic E-state index is 2.65. The number of rotatable bonds is 4. The zero-order valence-corrected chi connectivity index (χ0v) is 21.0. The van der Waals surface area contributed by atoms with Crippen LogP contribution in [0.5, 0.6) is 0 Å². The lowest BCUT2D eigenvalue weighted by molar-refractivity contribution is -0.0389. The Labute approximate surface area is 183 Å². The largest absolute Gasteiger partial charge is 0.302 e. The van der Waals surface area contributed by atoms with E-state index in [1.54, 1.807) is 0 Å². The zero-order valence-electron chi connectivity index (χ0n) is 21.0. The third-order valence-electron chi connectivity index (χ3n) is 9.52. The van der Waals surface area contributed by atoms with Crippen molar-refractivity contribution in [2.75, 3.05) is 32.7 Å². The lowest BCUT2D eigenvalue weighted by Gasteiger charge is -2.54. The van der Waals surface area contributed by atoms with Gasteiger partial charge in [0.1, 0.15) is 0 Å². The second-order valence-corrected chi connectivity index (χ2v) is 12.4. The molecule has 0 N–H and O–H groups in total. The Kier molecular flexibility index (Phi) is 7.80. The monoisotopic (exact) mass is 404 g/mol. The van der Waals surface area contributed by atoms with Crippen LogP contribution in [0.2, 0.25) is 0 Å². The first kappa shape index (κ1) is 23.6. The molecule has 2 aliphatic carbocycles. The molecule has 4 aliphatic rings. The Balaban J connectivity index is 0.000000166. The highest BCUT2D eigenvalue weighted by Gasteiger charge is 2.46. The minimum atomic E-state index is 0.753. The fourth-order valence-corrected chi connectivity index (χ4v) is 6.81. The quantitative estimate of drug-likeness (QED) is 0.514. The molecule has 2 saturated heterocycles. The van der Waals surface area contributed by atoms with E-state index < -0.39 is 0 Å². The summed E-state index contributed by atoms with van der Waals surface area (Å²) in [7, 11) is 0. The summed E-state index contributed by atoms with van der Waals surface area (Å²) in [5, 5.41) is 0. The van der Waals surface area contributed by atoms with Gasteiger partial charge < -0.3 is 9.80 Å². The van der Waals surface area contributed by atoms with Crippen LogP contribution in [-0.4, -0.2) is 48.6 Å². The summed E-state index contributed by atoms with van der Waals surface area (Å²) in [6.07, 6.45) is 12.0. The number of hydrogen-bond donors (Lipinski definition) is 0. The van der Waals surface area contributed by atoms with E-state index in [9.17, 15) is 0 Å². The van der Waals surface area contributed by atoms with Gasteiger partial charge in [-0.2, -0.15) is 0 Å². The average molecular weight is 405 g/mol. The van der Waals surface area contributed by atoms with Gasteiger partial charge in [-0.3, -0.25) is 0 Å². The Morgan fingerprint density at radius 3 is 1.66 bits per heavy atom. The first-order valence-corrected chi connectivity index (χ1v) is 13.1. The normalized spacial score (nSPS) is 27.9. The van der Waals surface area contributed by atoms with Crippen molar-refractivity contribution in [1.29, 1.82) is 0 Å². The predicted octanol–water partition coefficient (Wildman–Crippen LogP) is 6.70. The Morgan fingerprint density at radius 1 is 0.724 bits per heavy atom. The van der Waals surface area contributed by atoms with Crippen LogP contribution in [0, 0.1) is 34.5 Å². The first-order valence-electron chi connectivity index (χ1n) is 13.1. The van der Waals surface area contributed by atoms with E-state index in [0.29, 0.717) is 0 Å². The first-order chi connectivity index (χ1) is 13.7. The van der Waals surface area contributed by atoms with Crippen LogP contribution in [0.1, 0.15) is 99.8 Å². The molecule has 0 aromatic rings. The summed E-state index contributed by atoms with van der Waals surface area (Å²) in [5.41, 5.74) is 1.54. The van der Waals surface area contributed by atoms with Crippen LogP contribution >= 0.6 is 0 Å². The van der Waals surface area contributed by atoms with Crippen molar-refractivity contribution in [3.05, 3.63) is 0 Å². The molecule has 0 amide bonds. The van der Waals surface area contributed by atoms with E-state index in [1.165, 1.54) is 84.1 Å². The molecule has 0 radical (unpaired) electrons. The number of piperidine rings is 1. The van der Waals surface area contributed by atoms with Crippen molar-refractivity contribution < 1.29 is 0 Å². The van der Waals surface area contributed by atoms with E-state index >= 15 is 0 Å². The second kappa shape index (κ2) is 9.60. The van der Waals surface area contributed by atoms with E-state index in [-0.39, 0.29) is 0 Å². The summed E-state index contributed by atoms with van der Waals surface area (Å²) in [5.74, 6) is 3.89. The van der Waals surface area contributed by atoms with Crippen LogP contribution in [0.15, 0.2) is 0 Å².